The average Bonchev–Trinajstić information content (AvgIpc) is 2.97. The number of halogens is 3. The van der Waals surface area contributed by atoms with Crippen molar-refractivity contribution in [2.75, 3.05) is 0 Å². The lowest BCUT2D eigenvalue weighted by Crippen LogP contribution is -2.17. The fraction of sp³-hybridized carbons (Fsp3) is 0.538. The van der Waals surface area contributed by atoms with Crippen LogP contribution in [0.25, 0.3) is 0 Å². The van der Waals surface area contributed by atoms with E-state index >= 15 is 0 Å². The molecule has 1 aliphatic carbocycles. The van der Waals surface area contributed by atoms with E-state index < -0.39 is 6.36 Å². The number of hydrogen-bond donors (Lipinski definition) is 0. The van der Waals surface area contributed by atoms with Gasteiger partial charge in [-0.1, -0.05) is 19.9 Å². The quantitative estimate of drug-likeness (QED) is 0.755. The number of alkyl halides is 3. The van der Waals surface area contributed by atoms with Crippen LogP contribution >= 0.6 is 0 Å². The largest absolute Gasteiger partial charge is 0.573 e. The summed E-state index contributed by atoms with van der Waals surface area (Å²) >= 11 is 0. The summed E-state index contributed by atoms with van der Waals surface area (Å²) in [7, 11) is 0. The first kappa shape index (κ1) is 12.3. The highest BCUT2D eigenvalue weighted by Gasteiger charge is 2.32. The number of rotatable bonds is 3. The fourth-order valence-electron chi connectivity index (χ4n) is 2.02. The molecule has 1 saturated carbocycles. The Bertz CT molecular complexity index is 406. The van der Waals surface area contributed by atoms with Gasteiger partial charge in [-0.3, -0.25) is 0 Å². The third kappa shape index (κ3) is 3.14. The van der Waals surface area contributed by atoms with Crippen LogP contribution in [-0.2, 0) is 0 Å². The maximum Gasteiger partial charge on any atom is 0.573 e. The lowest BCUT2D eigenvalue weighted by molar-refractivity contribution is -0.274. The number of benzene rings is 1. The van der Waals surface area contributed by atoms with Crippen molar-refractivity contribution in [1.29, 1.82) is 0 Å². The molecule has 0 radical (unpaired) electrons. The lowest BCUT2D eigenvalue weighted by Gasteiger charge is -2.15. The third-order valence-corrected chi connectivity index (χ3v) is 2.93. The first-order chi connectivity index (χ1) is 7.87. The highest BCUT2D eigenvalue weighted by atomic mass is 19.4. The standard InChI is InChI=1S/C13H15F3O/c1-8(2)11-6-5-10(17-13(14,15)16)7-12(11)9-3-4-9/h5-9H,3-4H2,1-2H3. The molecule has 0 atom stereocenters. The molecule has 0 saturated heterocycles. The van der Waals surface area contributed by atoms with E-state index in [0.29, 0.717) is 11.8 Å². The normalized spacial score (nSPS) is 16.4. The molecule has 2 rings (SSSR count). The Morgan fingerprint density at radius 3 is 2.35 bits per heavy atom. The van der Waals surface area contributed by atoms with Crippen LogP contribution in [0.3, 0.4) is 0 Å². The van der Waals surface area contributed by atoms with Crippen molar-refractivity contribution in [3.63, 3.8) is 0 Å². The SMILES string of the molecule is CC(C)c1ccc(OC(F)(F)F)cc1C1CC1. The summed E-state index contributed by atoms with van der Waals surface area (Å²) in [6.45, 7) is 4.09. The Morgan fingerprint density at radius 1 is 1.24 bits per heavy atom. The molecule has 1 aromatic carbocycles. The van der Waals surface area contributed by atoms with Crippen LogP contribution in [0.1, 0.15) is 49.7 Å². The highest BCUT2D eigenvalue weighted by molar-refractivity contribution is 5.41. The molecule has 0 N–H and O–H groups in total. The molecular weight excluding hydrogens is 229 g/mol. The predicted octanol–water partition coefficient (Wildman–Crippen LogP) is 4.59. The first-order valence-electron chi connectivity index (χ1n) is 5.76. The molecule has 1 aliphatic rings. The Labute approximate surface area is 98.6 Å². The van der Waals surface area contributed by atoms with Gasteiger partial charge in [0.15, 0.2) is 0 Å². The van der Waals surface area contributed by atoms with E-state index in [0.717, 1.165) is 24.0 Å². The van der Waals surface area contributed by atoms with Crippen LogP contribution in [-0.4, -0.2) is 6.36 Å². The molecule has 4 heteroatoms. The summed E-state index contributed by atoms with van der Waals surface area (Å²) in [6.07, 6.45) is -2.48. The van der Waals surface area contributed by atoms with E-state index in [4.69, 9.17) is 0 Å². The van der Waals surface area contributed by atoms with E-state index in [1.807, 2.05) is 13.8 Å². The molecule has 1 aromatic rings. The van der Waals surface area contributed by atoms with Gasteiger partial charge in [-0.2, -0.15) is 0 Å². The summed E-state index contributed by atoms with van der Waals surface area (Å²) in [5, 5.41) is 0. The Balaban J connectivity index is 2.29. The van der Waals surface area contributed by atoms with Crippen LogP contribution in [0.5, 0.6) is 5.75 Å². The zero-order valence-electron chi connectivity index (χ0n) is 9.84. The van der Waals surface area contributed by atoms with Gasteiger partial charge in [0.2, 0.25) is 0 Å². The van der Waals surface area contributed by atoms with Crippen molar-refractivity contribution < 1.29 is 17.9 Å². The minimum absolute atomic E-state index is 0.108. The molecular formula is C13H15F3O. The summed E-state index contributed by atoms with van der Waals surface area (Å²) in [6, 6.07) is 4.69. The maximum absolute atomic E-state index is 12.1. The Morgan fingerprint density at radius 2 is 1.88 bits per heavy atom. The minimum Gasteiger partial charge on any atom is -0.406 e. The molecule has 0 aliphatic heterocycles. The first-order valence-corrected chi connectivity index (χ1v) is 5.76. The van der Waals surface area contributed by atoms with E-state index in [1.54, 1.807) is 12.1 Å². The maximum atomic E-state index is 12.1. The van der Waals surface area contributed by atoms with E-state index in [-0.39, 0.29) is 5.75 Å². The summed E-state index contributed by atoms with van der Waals surface area (Å²) in [5.41, 5.74) is 2.14. The second-order valence-corrected chi connectivity index (χ2v) is 4.77. The molecule has 17 heavy (non-hydrogen) atoms. The van der Waals surface area contributed by atoms with E-state index in [2.05, 4.69) is 4.74 Å². The molecule has 1 nitrogen and oxygen atoms in total. The second-order valence-electron chi connectivity index (χ2n) is 4.77. The van der Waals surface area contributed by atoms with Crippen molar-refractivity contribution in [3.8, 4) is 5.75 Å². The molecule has 0 aromatic heterocycles. The summed E-state index contributed by atoms with van der Waals surface area (Å²) in [4.78, 5) is 0. The second kappa shape index (κ2) is 4.24. The van der Waals surface area contributed by atoms with Crippen LogP contribution in [0.15, 0.2) is 18.2 Å². The lowest BCUT2D eigenvalue weighted by atomic mass is 9.94. The van der Waals surface area contributed by atoms with Crippen molar-refractivity contribution in [2.45, 2.75) is 44.9 Å². The van der Waals surface area contributed by atoms with Gasteiger partial charge in [-0.25, -0.2) is 0 Å². The van der Waals surface area contributed by atoms with Gasteiger partial charge in [0.1, 0.15) is 5.75 Å². The van der Waals surface area contributed by atoms with E-state index in [9.17, 15) is 13.2 Å². The highest BCUT2D eigenvalue weighted by Crippen LogP contribution is 2.44. The third-order valence-electron chi connectivity index (χ3n) is 2.93. The minimum atomic E-state index is -4.61. The number of ether oxygens (including phenoxy) is 1. The average molecular weight is 244 g/mol. The molecule has 0 bridgehead atoms. The molecule has 1 fully saturated rings. The van der Waals surface area contributed by atoms with Crippen LogP contribution in [0.4, 0.5) is 13.2 Å². The molecule has 0 spiro atoms. The van der Waals surface area contributed by atoms with Gasteiger partial charge < -0.3 is 4.74 Å². The van der Waals surface area contributed by atoms with Gasteiger partial charge in [0, 0.05) is 0 Å². The van der Waals surface area contributed by atoms with Gasteiger partial charge in [0.25, 0.3) is 0 Å². The van der Waals surface area contributed by atoms with Gasteiger partial charge in [0.05, 0.1) is 0 Å². The van der Waals surface area contributed by atoms with Crippen molar-refractivity contribution in [3.05, 3.63) is 29.3 Å². The Kier molecular flexibility index (Phi) is 3.06. The zero-order valence-corrected chi connectivity index (χ0v) is 9.84. The zero-order chi connectivity index (χ0) is 12.6. The van der Waals surface area contributed by atoms with Crippen molar-refractivity contribution in [1.82, 2.24) is 0 Å². The van der Waals surface area contributed by atoms with E-state index in [1.165, 1.54) is 6.07 Å². The Hall–Kier alpha value is -1.19. The topological polar surface area (TPSA) is 9.23 Å². The van der Waals surface area contributed by atoms with Crippen LogP contribution in [0, 0.1) is 0 Å². The molecule has 94 valence electrons. The number of hydrogen-bond acceptors (Lipinski definition) is 1. The van der Waals surface area contributed by atoms with Gasteiger partial charge in [-0.15, -0.1) is 13.2 Å². The van der Waals surface area contributed by atoms with Crippen LogP contribution < -0.4 is 4.74 Å². The summed E-state index contributed by atoms with van der Waals surface area (Å²) in [5.74, 6) is 0.638. The predicted molar refractivity (Wildman–Crippen MR) is 59.2 cm³/mol. The fourth-order valence-corrected chi connectivity index (χ4v) is 2.02. The molecule has 0 unspecified atom stereocenters. The van der Waals surface area contributed by atoms with Crippen LogP contribution in [0.2, 0.25) is 0 Å². The van der Waals surface area contributed by atoms with Crippen molar-refractivity contribution >= 4 is 0 Å². The summed E-state index contributed by atoms with van der Waals surface area (Å²) < 4.78 is 40.3. The molecule has 0 heterocycles. The van der Waals surface area contributed by atoms with Gasteiger partial charge >= 0.3 is 6.36 Å². The monoisotopic (exact) mass is 244 g/mol. The molecule has 0 amide bonds. The van der Waals surface area contributed by atoms with Crippen molar-refractivity contribution in [2.24, 2.45) is 0 Å². The smallest absolute Gasteiger partial charge is 0.406 e. The van der Waals surface area contributed by atoms with Gasteiger partial charge in [-0.05, 0) is 47.9 Å².